The van der Waals surface area contributed by atoms with Crippen LogP contribution in [0.25, 0.3) is 0 Å². The van der Waals surface area contributed by atoms with E-state index in [0.717, 1.165) is 5.56 Å². The first-order valence-electron chi connectivity index (χ1n) is 6.13. The second kappa shape index (κ2) is 6.42. The topological polar surface area (TPSA) is 115 Å². The molecule has 21 heavy (non-hydrogen) atoms. The number of carbonyl (C=O) groups is 1. The molecule has 2 rings (SSSR count). The van der Waals surface area contributed by atoms with Gasteiger partial charge >= 0.3 is 0 Å². The fraction of sp³-hybridized carbons (Fsp3) is 0.154. The van der Waals surface area contributed by atoms with Gasteiger partial charge in [-0.1, -0.05) is 12.1 Å². The molecule has 1 aromatic heterocycles. The number of primary sulfonamides is 1. The molecule has 0 saturated carbocycles. The van der Waals surface area contributed by atoms with Crippen molar-refractivity contribution in [3.63, 3.8) is 0 Å². The fourth-order valence-electron chi connectivity index (χ4n) is 1.68. The van der Waals surface area contributed by atoms with Crippen LogP contribution in [-0.4, -0.2) is 30.8 Å². The van der Waals surface area contributed by atoms with Crippen LogP contribution in [0.15, 0.2) is 47.8 Å². The molecule has 3 N–H and O–H groups in total. The lowest BCUT2D eigenvalue weighted by molar-refractivity contribution is 0.0949. The molecule has 0 aliphatic carbocycles. The van der Waals surface area contributed by atoms with Crippen LogP contribution in [0.2, 0.25) is 0 Å². The maximum atomic E-state index is 11.7. The minimum absolute atomic E-state index is 0.0660. The van der Waals surface area contributed by atoms with Crippen molar-refractivity contribution in [2.75, 3.05) is 6.54 Å². The number of carbonyl (C=O) groups excluding carboxylic acids is 1. The van der Waals surface area contributed by atoms with Crippen LogP contribution >= 0.6 is 0 Å². The first-order valence-corrected chi connectivity index (χ1v) is 7.67. The minimum Gasteiger partial charge on any atom is -0.350 e. The molecule has 0 unspecified atom stereocenters. The van der Waals surface area contributed by atoms with Crippen molar-refractivity contribution in [1.82, 2.24) is 15.3 Å². The fourth-order valence-corrected chi connectivity index (χ4v) is 2.20. The van der Waals surface area contributed by atoms with E-state index in [1.807, 2.05) is 0 Å². The minimum atomic E-state index is -3.67. The lowest BCUT2D eigenvalue weighted by atomic mass is 10.1. The van der Waals surface area contributed by atoms with Gasteiger partial charge in [-0.2, -0.15) is 0 Å². The SMILES string of the molecule is NS(=O)(=O)c1ccc(CCNC(=O)c2ccncn2)cc1. The van der Waals surface area contributed by atoms with E-state index >= 15 is 0 Å². The summed E-state index contributed by atoms with van der Waals surface area (Å²) >= 11 is 0. The third kappa shape index (κ3) is 4.33. The quantitative estimate of drug-likeness (QED) is 0.812. The van der Waals surface area contributed by atoms with Crippen LogP contribution in [0.3, 0.4) is 0 Å². The zero-order valence-electron chi connectivity index (χ0n) is 11.1. The van der Waals surface area contributed by atoms with Crippen molar-refractivity contribution >= 4 is 15.9 Å². The average Bonchev–Trinajstić information content (AvgIpc) is 2.47. The summed E-state index contributed by atoms with van der Waals surface area (Å²) in [6, 6.07) is 7.73. The van der Waals surface area contributed by atoms with Gasteiger partial charge in [0.2, 0.25) is 10.0 Å². The Labute approximate surface area is 122 Å². The molecule has 0 bridgehead atoms. The Morgan fingerprint density at radius 2 is 1.90 bits per heavy atom. The molecule has 0 fully saturated rings. The van der Waals surface area contributed by atoms with Gasteiger partial charge in [-0.15, -0.1) is 0 Å². The van der Waals surface area contributed by atoms with Crippen molar-refractivity contribution in [2.45, 2.75) is 11.3 Å². The van der Waals surface area contributed by atoms with E-state index in [4.69, 9.17) is 5.14 Å². The Morgan fingerprint density at radius 3 is 2.48 bits per heavy atom. The third-order valence-corrected chi connectivity index (χ3v) is 3.69. The second-order valence-electron chi connectivity index (χ2n) is 4.29. The van der Waals surface area contributed by atoms with Gasteiger partial charge in [0, 0.05) is 12.7 Å². The summed E-state index contributed by atoms with van der Waals surface area (Å²) in [6.07, 6.45) is 3.37. The highest BCUT2D eigenvalue weighted by molar-refractivity contribution is 7.89. The van der Waals surface area contributed by atoms with E-state index < -0.39 is 10.0 Å². The number of rotatable bonds is 5. The maximum Gasteiger partial charge on any atom is 0.270 e. The van der Waals surface area contributed by atoms with Crippen LogP contribution in [0.4, 0.5) is 0 Å². The Morgan fingerprint density at radius 1 is 1.19 bits per heavy atom. The smallest absolute Gasteiger partial charge is 0.270 e. The summed E-state index contributed by atoms with van der Waals surface area (Å²) in [5.41, 5.74) is 1.19. The zero-order chi connectivity index (χ0) is 15.3. The van der Waals surface area contributed by atoms with Crippen molar-refractivity contribution in [2.24, 2.45) is 5.14 Å². The molecule has 1 heterocycles. The van der Waals surface area contributed by atoms with Gasteiger partial charge in [0.05, 0.1) is 4.90 Å². The summed E-state index contributed by atoms with van der Waals surface area (Å²) in [7, 11) is -3.67. The number of amides is 1. The van der Waals surface area contributed by atoms with Gasteiger partial charge in [0.15, 0.2) is 0 Å². The first kappa shape index (κ1) is 15.1. The average molecular weight is 306 g/mol. The van der Waals surface area contributed by atoms with Crippen LogP contribution < -0.4 is 10.5 Å². The summed E-state index contributed by atoms with van der Waals surface area (Å²) in [6.45, 7) is 0.414. The standard InChI is InChI=1S/C13H14N4O3S/c14-21(19,20)11-3-1-10(2-4-11)5-8-16-13(18)12-6-7-15-9-17-12/h1-4,6-7,9H,5,8H2,(H,16,18)(H2,14,19,20). The summed E-state index contributed by atoms with van der Waals surface area (Å²) < 4.78 is 22.2. The number of hydrogen-bond donors (Lipinski definition) is 2. The van der Waals surface area contributed by atoms with Crippen LogP contribution in [0, 0.1) is 0 Å². The maximum absolute atomic E-state index is 11.7. The number of sulfonamides is 1. The molecule has 0 atom stereocenters. The Bertz CT molecular complexity index is 715. The predicted molar refractivity (Wildman–Crippen MR) is 75.9 cm³/mol. The lowest BCUT2D eigenvalue weighted by Crippen LogP contribution is -2.26. The van der Waals surface area contributed by atoms with E-state index in [0.29, 0.717) is 18.7 Å². The number of hydrogen-bond acceptors (Lipinski definition) is 5. The number of nitrogens with two attached hydrogens (primary N) is 1. The van der Waals surface area contributed by atoms with Gasteiger partial charge in [-0.05, 0) is 30.2 Å². The zero-order valence-corrected chi connectivity index (χ0v) is 11.9. The summed E-state index contributed by atoms with van der Waals surface area (Å²) in [5.74, 6) is -0.279. The largest absolute Gasteiger partial charge is 0.350 e. The Balaban J connectivity index is 1.88. The molecule has 1 amide bonds. The van der Waals surface area contributed by atoms with E-state index in [1.165, 1.54) is 30.7 Å². The second-order valence-corrected chi connectivity index (χ2v) is 5.85. The highest BCUT2D eigenvalue weighted by Crippen LogP contribution is 2.08. The molecule has 0 saturated heterocycles. The number of nitrogens with one attached hydrogen (secondary N) is 1. The van der Waals surface area contributed by atoms with Crippen LogP contribution in [-0.2, 0) is 16.4 Å². The van der Waals surface area contributed by atoms with E-state index in [1.54, 1.807) is 12.1 Å². The van der Waals surface area contributed by atoms with E-state index in [2.05, 4.69) is 15.3 Å². The van der Waals surface area contributed by atoms with Gasteiger partial charge in [0.1, 0.15) is 12.0 Å². The molecule has 0 aliphatic heterocycles. The molecular weight excluding hydrogens is 292 g/mol. The normalized spacial score (nSPS) is 11.1. The van der Waals surface area contributed by atoms with Crippen molar-refractivity contribution < 1.29 is 13.2 Å². The van der Waals surface area contributed by atoms with Gasteiger partial charge < -0.3 is 5.32 Å². The number of nitrogens with zero attached hydrogens (tertiary/aromatic N) is 2. The van der Waals surface area contributed by atoms with Gasteiger partial charge in [-0.25, -0.2) is 23.5 Å². The highest BCUT2D eigenvalue weighted by atomic mass is 32.2. The first-order chi connectivity index (χ1) is 9.97. The molecule has 8 heteroatoms. The van der Waals surface area contributed by atoms with Crippen molar-refractivity contribution in [1.29, 1.82) is 0 Å². The van der Waals surface area contributed by atoms with Crippen molar-refractivity contribution in [3.05, 3.63) is 54.1 Å². The molecule has 1 aromatic carbocycles. The lowest BCUT2D eigenvalue weighted by Gasteiger charge is -2.05. The molecule has 0 spiro atoms. The van der Waals surface area contributed by atoms with E-state index in [9.17, 15) is 13.2 Å². The Kier molecular flexibility index (Phi) is 4.61. The third-order valence-electron chi connectivity index (χ3n) is 2.77. The molecule has 0 radical (unpaired) electrons. The monoisotopic (exact) mass is 306 g/mol. The van der Waals surface area contributed by atoms with Crippen LogP contribution in [0.1, 0.15) is 16.1 Å². The Hall–Kier alpha value is -2.32. The number of aromatic nitrogens is 2. The molecule has 110 valence electrons. The molecule has 0 aliphatic rings. The number of benzene rings is 1. The highest BCUT2D eigenvalue weighted by Gasteiger charge is 2.08. The predicted octanol–water partition coefficient (Wildman–Crippen LogP) is 0.0965. The summed E-state index contributed by atoms with van der Waals surface area (Å²) in [4.78, 5) is 19.4. The molecule has 7 nitrogen and oxygen atoms in total. The van der Waals surface area contributed by atoms with Crippen LogP contribution in [0.5, 0.6) is 0 Å². The van der Waals surface area contributed by atoms with E-state index in [-0.39, 0.29) is 10.8 Å². The van der Waals surface area contributed by atoms with Gasteiger partial charge in [-0.3, -0.25) is 4.79 Å². The van der Waals surface area contributed by atoms with Crippen molar-refractivity contribution in [3.8, 4) is 0 Å². The molecule has 2 aromatic rings. The van der Waals surface area contributed by atoms with Gasteiger partial charge in [0.25, 0.3) is 5.91 Å². The molecular formula is C13H14N4O3S. The summed E-state index contributed by atoms with van der Waals surface area (Å²) in [5, 5.41) is 7.73.